The molecule has 8 nitrogen and oxygen atoms in total. The summed E-state index contributed by atoms with van der Waals surface area (Å²) in [5, 5.41) is 0. The van der Waals surface area contributed by atoms with Gasteiger partial charge in [0.05, 0.1) is 13.2 Å². The third-order valence-electron chi connectivity index (χ3n) is 3.60. The summed E-state index contributed by atoms with van der Waals surface area (Å²) in [5.74, 6) is 0. The zero-order chi connectivity index (χ0) is 20.8. The zero-order valence-corrected chi connectivity index (χ0v) is 17.6. The van der Waals surface area contributed by atoms with Crippen molar-refractivity contribution < 1.29 is 38.6 Å². The number of ether oxygens (including phenoxy) is 2. The molecule has 0 atom stereocenters. The zero-order valence-electron chi connectivity index (χ0n) is 17.6. The second-order valence-electron chi connectivity index (χ2n) is 7.61. The SMILES string of the molecule is CCCC(C)(C)OOC(=O)OCCCCCOC(=O)OOC(C)(C)CCC. The van der Waals surface area contributed by atoms with Crippen molar-refractivity contribution in [1.29, 1.82) is 0 Å². The van der Waals surface area contributed by atoms with Crippen molar-refractivity contribution in [3.8, 4) is 0 Å². The number of carbonyl (C=O) groups excluding carboxylic acids is 2. The Labute approximate surface area is 162 Å². The van der Waals surface area contributed by atoms with Gasteiger partial charge < -0.3 is 9.47 Å². The summed E-state index contributed by atoms with van der Waals surface area (Å²) in [4.78, 5) is 42.2. The number of hydrogen-bond acceptors (Lipinski definition) is 8. The van der Waals surface area contributed by atoms with Gasteiger partial charge in [-0.2, -0.15) is 9.78 Å². The van der Waals surface area contributed by atoms with Gasteiger partial charge in [0.2, 0.25) is 0 Å². The van der Waals surface area contributed by atoms with Crippen LogP contribution in [0.2, 0.25) is 0 Å². The largest absolute Gasteiger partial charge is 0.540 e. The van der Waals surface area contributed by atoms with E-state index in [9.17, 15) is 9.59 Å². The van der Waals surface area contributed by atoms with Crippen molar-refractivity contribution in [3.05, 3.63) is 0 Å². The van der Waals surface area contributed by atoms with Gasteiger partial charge >= 0.3 is 12.3 Å². The molecular formula is C19H36O8. The lowest BCUT2D eigenvalue weighted by Crippen LogP contribution is -2.26. The molecule has 0 amide bonds. The topological polar surface area (TPSA) is 89.5 Å². The third kappa shape index (κ3) is 15.2. The molecule has 0 aliphatic carbocycles. The summed E-state index contributed by atoms with van der Waals surface area (Å²) in [6, 6.07) is 0. The van der Waals surface area contributed by atoms with Gasteiger partial charge in [0.15, 0.2) is 0 Å². The monoisotopic (exact) mass is 392 g/mol. The van der Waals surface area contributed by atoms with Crippen LogP contribution in [0.1, 0.15) is 86.5 Å². The van der Waals surface area contributed by atoms with Crippen molar-refractivity contribution in [2.45, 2.75) is 97.7 Å². The predicted octanol–water partition coefficient (Wildman–Crippen LogP) is 5.48. The Balaban J connectivity index is 3.61. The molecule has 0 bridgehead atoms. The fraction of sp³-hybridized carbons (Fsp3) is 0.895. The van der Waals surface area contributed by atoms with E-state index in [1.807, 2.05) is 41.5 Å². The van der Waals surface area contributed by atoms with E-state index in [1.54, 1.807) is 0 Å². The lowest BCUT2D eigenvalue weighted by molar-refractivity contribution is -0.318. The highest BCUT2D eigenvalue weighted by Crippen LogP contribution is 2.17. The Morgan fingerprint density at radius 1 is 0.667 bits per heavy atom. The van der Waals surface area contributed by atoms with Crippen LogP contribution in [-0.4, -0.2) is 36.7 Å². The second-order valence-corrected chi connectivity index (χ2v) is 7.61. The Bertz CT molecular complexity index is 382. The van der Waals surface area contributed by atoms with Crippen LogP contribution in [0.15, 0.2) is 0 Å². The van der Waals surface area contributed by atoms with E-state index in [1.165, 1.54) is 0 Å². The summed E-state index contributed by atoms with van der Waals surface area (Å²) >= 11 is 0. The maximum atomic E-state index is 11.4. The normalized spacial score (nSPS) is 11.8. The standard InChI is InChI=1S/C19H36O8/c1-7-12-18(3,4)26-24-16(20)22-14-10-9-11-15-23-17(21)25-27-19(5,6)13-8-2/h7-15H2,1-6H3. The highest BCUT2D eigenvalue weighted by Gasteiger charge is 2.22. The first-order chi connectivity index (χ1) is 12.6. The van der Waals surface area contributed by atoms with E-state index >= 15 is 0 Å². The first-order valence-electron chi connectivity index (χ1n) is 9.66. The van der Waals surface area contributed by atoms with Crippen molar-refractivity contribution in [1.82, 2.24) is 0 Å². The lowest BCUT2D eigenvalue weighted by Gasteiger charge is -2.21. The number of unbranched alkanes of at least 4 members (excludes halogenated alkanes) is 2. The Morgan fingerprint density at radius 2 is 1.04 bits per heavy atom. The van der Waals surface area contributed by atoms with E-state index in [0.29, 0.717) is 19.3 Å². The molecule has 0 rings (SSSR count). The number of carbonyl (C=O) groups is 2. The van der Waals surface area contributed by atoms with Gasteiger partial charge in [0.1, 0.15) is 11.2 Å². The average molecular weight is 392 g/mol. The fourth-order valence-electron chi connectivity index (χ4n) is 2.32. The molecule has 0 aliphatic rings. The Kier molecular flexibility index (Phi) is 12.8. The van der Waals surface area contributed by atoms with Crippen LogP contribution in [0.3, 0.4) is 0 Å². The van der Waals surface area contributed by atoms with E-state index in [0.717, 1.165) is 25.7 Å². The molecule has 160 valence electrons. The molecule has 0 N–H and O–H groups in total. The molecule has 0 fully saturated rings. The Morgan fingerprint density at radius 3 is 1.37 bits per heavy atom. The molecule has 0 aromatic carbocycles. The summed E-state index contributed by atoms with van der Waals surface area (Å²) in [6.07, 6.45) is 3.61. The van der Waals surface area contributed by atoms with Crippen molar-refractivity contribution >= 4 is 12.3 Å². The molecule has 0 aromatic rings. The highest BCUT2D eigenvalue weighted by atomic mass is 17.2. The van der Waals surface area contributed by atoms with Crippen LogP contribution >= 0.6 is 0 Å². The van der Waals surface area contributed by atoms with Crippen LogP contribution in [-0.2, 0) is 29.0 Å². The van der Waals surface area contributed by atoms with Crippen LogP contribution < -0.4 is 0 Å². The average Bonchev–Trinajstić information content (AvgIpc) is 2.57. The minimum atomic E-state index is -0.856. The molecule has 0 saturated heterocycles. The van der Waals surface area contributed by atoms with E-state index in [2.05, 4.69) is 9.78 Å². The van der Waals surface area contributed by atoms with Gasteiger partial charge in [-0.25, -0.2) is 9.59 Å². The van der Waals surface area contributed by atoms with Crippen molar-refractivity contribution in [2.24, 2.45) is 0 Å². The van der Waals surface area contributed by atoms with Gasteiger partial charge in [-0.3, -0.25) is 9.78 Å². The van der Waals surface area contributed by atoms with Gasteiger partial charge in [0.25, 0.3) is 0 Å². The molecule has 0 heterocycles. The van der Waals surface area contributed by atoms with Gasteiger partial charge in [-0.15, -0.1) is 0 Å². The molecule has 0 unspecified atom stereocenters. The molecule has 8 heteroatoms. The molecule has 0 spiro atoms. The predicted molar refractivity (Wildman–Crippen MR) is 98.9 cm³/mol. The summed E-state index contributed by atoms with van der Waals surface area (Å²) < 4.78 is 9.81. The first kappa shape index (κ1) is 25.5. The number of hydrogen-bond donors (Lipinski definition) is 0. The summed E-state index contributed by atoms with van der Waals surface area (Å²) in [5.41, 5.74) is -1.07. The van der Waals surface area contributed by atoms with Crippen LogP contribution in [0.4, 0.5) is 9.59 Å². The van der Waals surface area contributed by atoms with E-state index < -0.39 is 23.5 Å². The quantitative estimate of drug-likeness (QED) is 0.166. The molecule has 0 aromatic heterocycles. The van der Waals surface area contributed by atoms with E-state index in [4.69, 9.17) is 19.2 Å². The molecule has 0 saturated carbocycles. The molecule has 27 heavy (non-hydrogen) atoms. The highest BCUT2D eigenvalue weighted by molar-refractivity contribution is 5.59. The smallest absolute Gasteiger partial charge is 0.432 e. The maximum Gasteiger partial charge on any atom is 0.540 e. The van der Waals surface area contributed by atoms with Gasteiger partial charge in [-0.1, -0.05) is 26.7 Å². The third-order valence-corrected chi connectivity index (χ3v) is 3.60. The first-order valence-corrected chi connectivity index (χ1v) is 9.66. The summed E-state index contributed by atoms with van der Waals surface area (Å²) in [7, 11) is 0. The molecule has 0 aliphatic heterocycles. The maximum absolute atomic E-state index is 11.4. The van der Waals surface area contributed by atoms with Crippen LogP contribution in [0.5, 0.6) is 0 Å². The van der Waals surface area contributed by atoms with Crippen molar-refractivity contribution in [2.75, 3.05) is 13.2 Å². The molecular weight excluding hydrogens is 356 g/mol. The molecule has 0 radical (unpaired) electrons. The minimum absolute atomic E-state index is 0.204. The van der Waals surface area contributed by atoms with Crippen LogP contribution in [0.25, 0.3) is 0 Å². The number of rotatable bonds is 14. The Hall–Kier alpha value is -1.54. The van der Waals surface area contributed by atoms with Gasteiger partial charge in [0, 0.05) is 0 Å². The van der Waals surface area contributed by atoms with Crippen molar-refractivity contribution in [3.63, 3.8) is 0 Å². The van der Waals surface area contributed by atoms with Gasteiger partial charge in [-0.05, 0) is 59.8 Å². The van der Waals surface area contributed by atoms with E-state index in [-0.39, 0.29) is 13.2 Å². The minimum Gasteiger partial charge on any atom is -0.432 e. The fourth-order valence-corrected chi connectivity index (χ4v) is 2.32. The summed E-state index contributed by atoms with van der Waals surface area (Å²) in [6.45, 7) is 11.8. The van der Waals surface area contributed by atoms with Crippen LogP contribution in [0, 0.1) is 0 Å². The second kappa shape index (κ2) is 13.6. The lowest BCUT2D eigenvalue weighted by atomic mass is 10.0.